The molecule has 1 heterocycles. The summed E-state index contributed by atoms with van der Waals surface area (Å²) in [6.45, 7) is 15.1. The zero-order valence-corrected chi connectivity index (χ0v) is 11.5. The highest BCUT2D eigenvalue weighted by Crippen LogP contribution is 2.19. The molecule has 94 valence electrons. The van der Waals surface area contributed by atoms with Crippen LogP contribution in [0.25, 0.3) is 0 Å². The molecule has 0 aromatic rings. The van der Waals surface area contributed by atoms with Crippen molar-refractivity contribution in [3.05, 3.63) is 11.6 Å². The molecular formula is C13H25ClN2. The number of hydrogen-bond acceptors (Lipinski definition) is 2. The number of nitrogens with zero attached hydrogens (tertiary/aromatic N) is 2. The third-order valence-electron chi connectivity index (χ3n) is 3.51. The third kappa shape index (κ3) is 4.86. The van der Waals surface area contributed by atoms with Gasteiger partial charge in [0.15, 0.2) is 0 Å². The highest BCUT2D eigenvalue weighted by molar-refractivity contribution is 6.29. The molecule has 0 unspecified atom stereocenters. The minimum atomic E-state index is 0.766. The molecule has 0 aliphatic carbocycles. The summed E-state index contributed by atoms with van der Waals surface area (Å²) >= 11 is 5.83. The summed E-state index contributed by atoms with van der Waals surface area (Å²) in [7, 11) is 0. The fourth-order valence-corrected chi connectivity index (χ4v) is 2.59. The van der Waals surface area contributed by atoms with Gasteiger partial charge in [-0.05, 0) is 44.9 Å². The highest BCUT2D eigenvalue weighted by Gasteiger charge is 2.20. The zero-order chi connectivity index (χ0) is 12.0. The molecule has 1 saturated heterocycles. The fourth-order valence-electron chi connectivity index (χ4n) is 2.42. The van der Waals surface area contributed by atoms with E-state index >= 15 is 0 Å². The molecule has 0 bridgehead atoms. The molecule has 1 aliphatic rings. The summed E-state index contributed by atoms with van der Waals surface area (Å²) in [5.74, 6) is 0.875. The second kappa shape index (κ2) is 7.31. The molecule has 0 spiro atoms. The topological polar surface area (TPSA) is 6.48 Å². The van der Waals surface area contributed by atoms with E-state index in [9.17, 15) is 0 Å². The molecule has 16 heavy (non-hydrogen) atoms. The predicted molar refractivity (Wildman–Crippen MR) is 71.9 cm³/mol. The number of piperidine rings is 1. The van der Waals surface area contributed by atoms with Crippen LogP contribution >= 0.6 is 11.6 Å². The van der Waals surface area contributed by atoms with E-state index < -0.39 is 0 Å². The van der Waals surface area contributed by atoms with Crippen molar-refractivity contribution in [2.45, 2.75) is 26.7 Å². The SMILES string of the molecule is C=C(Cl)CN1CCC(CN(CC)CC)CC1. The fraction of sp³-hybridized carbons (Fsp3) is 0.846. The first-order valence-electron chi connectivity index (χ1n) is 6.43. The second-order valence-electron chi connectivity index (χ2n) is 4.72. The van der Waals surface area contributed by atoms with Crippen LogP contribution in [-0.2, 0) is 0 Å². The maximum Gasteiger partial charge on any atom is 0.0335 e. The first kappa shape index (κ1) is 14.0. The molecule has 1 fully saturated rings. The van der Waals surface area contributed by atoms with E-state index in [1.165, 1.54) is 45.6 Å². The smallest absolute Gasteiger partial charge is 0.0335 e. The molecule has 3 heteroatoms. The Morgan fingerprint density at radius 3 is 2.31 bits per heavy atom. The predicted octanol–water partition coefficient (Wildman–Crippen LogP) is 2.79. The Morgan fingerprint density at radius 2 is 1.88 bits per heavy atom. The van der Waals surface area contributed by atoms with Crippen molar-refractivity contribution in [3.8, 4) is 0 Å². The van der Waals surface area contributed by atoms with Crippen molar-refractivity contribution < 1.29 is 0 Å². The summed E-state index contributed by atoms with van der Waals surface area (Å²) in [6.07, 6.45) is 2.61. The van der Waals surface area contributed by atoms with Crippen molar-refractivity contribution in [2.75, 3.05) is 39.3 Å². The van der Waals surface area contributed by atoms with Crippen molar-refractivity contribution >= 4 is 11.6 Å². The lowest BCUT2D eigenvalue weighted by Gasteiger charge is -2.34. The van der Waals surface area contributed by atoms with Crippen LogP contribution in [0.1, 0.15) is 26.7 Å². The van der Waals surface area contributed by atoms with Crippen LogP contribution in [0.5, 0.6) is 0 Å². The lowest BCUT2D eigenvalue weighted by Crippen LogP contribution is -2.39. The minimum absolute atomic E-state index is 0.766. The summed E-state index contributed by atoms with van der Waals surface area (Å²) in [6, 6.07) is 0. The normalized spacial score (nSPS) is 19.2. The maximum atomic E-state index is 5.83. The van der Waals surface area contributed by atoms with Gasteiger partial charge in [-0.25, -0.2) is 0 Å². The average Bonchev–Trinajstić information content (AvgIpc) is 2.27. The highest BCUT2D eigenvalue weighted by atomic mass is 35.5. The lowest BCUT2D eigenvalue weighted by molar-refractivity contribution is 0.157. The van der Waals surface area contributed by atoms with E-state index in [1.54, 1.807) is 0 Å². The van der Waals surface area contributed by atoms with Crippen LogP contribution in [0, 0.1) is 5.92 Å². The van der Waals surface area contributed by atoms with Gasteiger partial charge < -0.3 is 4.90 Å². The first-order valence-corrected chi connectivity index (χ1v) is 6.81. The molecule has 0 N–H and O–H groups in total. The van der Waals surface area contributed by atoms with Crippen molar-refractivity contribution in [1.82, 2.24) is 9.80 Å². The number of rotatable bonds is 6. The second-order valence-corrected chi connectivity index (χ2v) is 5.26. The maximum absolute atomic E-state index is 5.83. The van der Waals surface area contributed by atoms with Crippen molar-refractivity contribution in [2.24, 2.45) is 5.92 Å². The molecule has 1 aliphatic heterocycles. The van der Waals surface area contributed by atoms with E-state index in [1.807, 2.05) is 0 Å². The Hall–Kier alpha value is -0.0500. The molecule has 0 atom stereocenters. The quantitative estimate of drug-likeness (QED) is 0.709. The largest absolute Gasteiger partial charge is 0.304 e. The van der Waals surface area contributed by atoms with Crippen LogP contribution in [-0.4, -0.2) is 49.1 Å². The van der Waals surface area contributed by atoms with Crippen LogP contribution in [0.2, 0.25) is 0 Å². The number of halogens is 1. The van der Waals surface area contributed by atoms with Gasteiger partial charge in [-0.1, -0.05) is 32.0 Å². The molecular weight excluding hydrogens is 220 g/mol. The molecule has 1 rings (SSSR count). The van der Waals surface area contributed by atoms with Crippen LogP contribution in [0.15, 0.2) is 11.6 Å². The van der Waals surface area contributed by atoms with E-state index in [0.717, 1.165) is 17.5 Å². The van der Waals surface area contributed by atoms with E-state index in [4.69, 9.17) is 11.6 Å². The molecule has 0 amide bonds. The minimum Gasteiger partial charge on any atom is -0.304 e. The van der Waals surface area contributed by atoms with Crippen LogP contribution in [0.4, 0.5) is 0 Å². The van der Waals surface area contributed by atoms with Gasteiger partial charge in [0.1, 0.15) is 0 Å². The summed E-state index contributed by atoms with van der Waals surface area (Å²) in [4.78, 5) is 4.94. The van der Waals surface area contributed by atoms with E-state index in [-0.39, 0.29) is 0 Å². The third-order valence-corrected chi connectivity index (χ3v) is 3.63. The van der Waals surface area contributed by atoms with Gasteiger partial charge in [-0.2, -0.15) is 0 Å². The van der Waals surface area contributed by atoms with Gasteiger partial charge in [0.2, 0.25) is 0 Å². The lowest BCUT2D eigenvalue weighted by atomic mass is 9.96. The Morgan fingerprint density at radius 1 is 1.31 bits per heavy atom. The number of likely N-dealkylation sites (tertiary alicyclic amines) is 1. The van der Waals surface area contributed by atoms with Crippen LogP contribution in [0.3, 0.4) is 0 Å². The molecule has 2 nitrogen and oxygen atoms in total. The Bertz CT molecular complexity index is 206. The summed E-state index contributed by atoms with van der Waals surface area (Å²) in [5.41, 5.74) is 0. The molecule has 0 radical (unpaired) electrons. The van der Waals surface area contributed by atoms with E-state index in [2.05, 4.69) is 30.2 Å². The van der Waals surface area contributed by atoms with Crippen molar-refractivity contribution in [3.63, 3.8) is 0 Å². The summed E-state index contributed by atoms with van der Waals surface area (Å²) < 4.78 is 0. The van der Waals surface area contributed by atoms with Gasteiger partial charge in [0.05, 0.1) is 0 Å². The molecule has 0 aromatic heterocycles. The first-order chi connectivity index (χ1) is 7.65. The Balaban J connectivity index is 2.23. The zero-order valence-electron chi connectivity index (χ0n) is 10.7. The number of hydrogen-bond donors (Lipinski definition) is 0. The van der Waals surface area contributed by atoms with Crippen LogP contribution < -0.4 is 0 Å². The van der Waals surface area contributed by atoms with E-state index in [0.29, 0.717) is 0 Å². The average molecular weight is 245 g/mol. The molecule has 0 aromatic carbocycles. The Labute approximate surface area is 105 Å². The van der Waals surface area contributed by atoms with Gasteiger partial charge in [0, 0.05) is 18.1 Å². The van der Waals surface area contributed by atoms with Crippen molar-refractivity contribution in [1.29, 1.82) is 0 Å². The molecule has 0 saturated carbocycles. The summed E-state index contributed by atoms with van der Waals surface area (Å²) in [5, 5.41) is 0.766. The monoisotopic (exact) mass is 244 g/mol. The van der Waals surface area contributed by atoms with Gasteiger partial charge in [-0.3, -0.25) is 4.90 Å². The van der Waals surface area contributed by atoms with Gasteiger partial charge >= 0.3 is 0 Å². The standard InChI is InChI=1S/C13H25ClN2/c1-4-15(5-2)11-13-6-8-16(9-7-13)10-12(3)14/h13H,3-11H2,1-2H3. The van der Waals surface area contributed by atoms with Gasteiger partial charge in [-0.15, -0.1) is 0 Å². The Kier molecular flexibility index (Phi) is 6.40. The van der Waals surface area contributed by atoms with Gasteiger partial charge in [0.25, 0.3) is 0 Å².